The van der Waals surface area contributed by atoms with Gasteiger partial charge in [0.1, 0.15) is 25.7 Å². The lowest BCUT2D eigenvalue weighted by Gasteiger charge is -2.27. The Morgan fingerprint density at radius 3 is 2.60 bits per heavy atom. The van der Waals surface area contributed by atoms with Crippen LogP contribution in [0.25, 0.3) is 0 Å². The molecule has 188 valence electrons. The third-order valence-electron chi connectivity index (χ3n) is 7.38. The number of halogens is 4. The molecule has 1 spiro atoms. The van der Waals surface area contributed by atoms with E-state index in [1.165, 1.54) is 16.4 Å². The first-order valence-electron chi connectivity index (χ1n) is 11.6. The van der Waals surface area contributed by atoms with Crippen molar-refractivity contribution in [2.45, 2.75) is 51.0 Å². The molecule has 2 aliphatic heterocycles. The van der Waals surface area contributed by atoms with Crippen LogP contribution in [-0.2, 0) is 29.3 Å². The van der Waals surface area contributed by atoms with E-state index in [-0.39, 0.29) is 17.9 Å². The molecular formula is C25H28ClF3N3O2S+. The standard InChI is InChI=1S/C25H28ClF3N3O2S/c1-2-3-12-35(33,34)31-11-10-24(17-31)18-32(24,15-19-8-9-20(14-30)23(26)13-19)16-21-6-4-5-7-22(21)25(27,28)29/h4-9,13H,2-3,10-12,15-18H2,1H3/q+1/t24-,32?/m1/s1. The molecule has 2 aromatic rings. The van der Waals surface area contributed by atoms with Gasteiger partial charge in [-0.1, -0.05) is 49.2 Å². The molecule has 1 unspecified atom stereocenters. The molecule has 0 N–H and O–H groups in total. The summed E-state index contributed by atoms with van der Waals surface area (Å²) in [7, 11) is -3.41. The second kappa shape index (κ2) is 9.40. The molecule has 0 saturated carbocycles. The van der Waals surface area contributed by atoms with Gasteiger partial charge in [0.05, 0.1) is 28.4 Å². The van der Waals surface area contributed by atoms with Crippen molar-refractivity contribution < 1.29 is 26.1 Å². The minimum absolute atomic E-state index is 0.0850. The molecule has 2 fully saturated rings. The first-order valence-corrected chi connectivity index (χ1v) is 13.6. The molecule has 2 aromatic carbocycles. The third kappa shape index (κ3) is 5.08. The van der Waals surface area contributed by atoms with Crippen molar-refractivity contribution in [3.8, 4) is 6.07 Å². The van der Waals surface area contributed by atoms with Gasteiger partial charge in [-0.05, 0) is 24.6 Å². The maximum absolute atomic E-state index is 13.8. The average Bonchev–Trinajstić information content (AvgIpc) is 3.13. The summed E-state index contributed by atoms with van der Waals surface area (Å²) in [5.74, 6) is 0.0850. The summed E-state index contributed by atoms with van der Waals surface area (Å²) in [4.78, 5) is 0. The van der Waals surface area contributed by atoms with Crippen molar-refractivity contribution in [2.24, 2.45) is 0 Å². The van der Waals surface area contributed by atoms with E-state index in [0.29, 0.717) is 54.1 Å². The first-order chi connectivity index (χ1) is 16.5. The molecule has 2 heterocycles. The van der Waals surface area contributed by atoms with Crippen LogP contribution in [0.15, 0.2) is 42.5 Å². The van der Waals surface area contributed by atoms with Crippen LogP contribution < -0.4 is 0 Å². The molecule has 4 rings (SSSR count). The van der Waals surface area contributed by atoms with Crippen molar-refractivity contribution in [2.75, 3.05) is 25.4 Å². The summed E-state index contributed by atoms with van der Waals surface area (Å²) in [5, 5.41) is 9.48. The summed E-state index contributed by atoms with van der Waals surface area (Å²) < 4.78 is 68.9. The van der Waals surface area contributed by atoms with Gasteiger partial charge in [0.15, 0.2) is 5.54 Å². The monoisotopic (exact) mass is 526 g/mol. The molecule has 0 bridgehead atoms. The van der Waals surface area contributed by atoms with E-state index in [4.69, 9.17) is 11.6 Å². The van der Waals surface area contributed by atoms with Gasteiger partial charge in [-0.15, -0.1) is 0 Å². The highest BCUT2D eigenvalue weighted by Gasteiger charge is 2.72. The van der Waals surface area contributed by atoms with Crippen molar-refractivity contribution >= 4 is 21.6 Å². The van der Waals surface area contributed by atoms with Crippen molar-refractivity contribution in [1.29, 1.82) is 5.26 Å². The quantitative estimate of drug-likeness (QED) is 0.345. The van der Waals surface area contributed by atoms with Gasteiger partial charge < -0.3 is 4.48 Å². The Morgan fingerprint density at radius 2 is 1.94 bits per heavy atom. The Hall–Kier alpha value is -2.12. The minimum atomic E-state index is -4.48. The number of alkyl halides is 3. The van der Waals surface area contributed by atoms with Gasteiger partial charge >= 0.3 is 6.18 Å². The number of sulfonamides is 1. The zero-order valence-electron chi connectivity index (χ0n) is 19.5. The highest BCUT2D eigenvalue weighted by Crippen LogP contribution is 2.53. The van der Waals surface area contributed by atoms with Crippen LogP contribution in [0.4, 0.5) is 13.2 Å². The molecule has 0 aromatic heterocycles. The van der Waals surface area contributed by atoms with E-state index in [1.54, 1.807) is 24.3 Å². The predicted octanol–water partition coefficient (Wildman–Crippen LogP) is 5.34. The molecule has 2 aliphatic rings. The van der Waals surface area contributed by atoms with Crippen LogP contribution in [0.5, 0.6) is 0 Å². The highest BCUT2D eigenvalue weighted by molar-refractivity contribution is 7.89. The molecular weight excluding hydrogens is 499 g/mol. The lowest BCUT2D eigenvalue weighted by Crippen LogP contribution is -2.39. The molecule has 35 heavy (non-hydrogen) atoms. The summed E-state index contributed by atoms with van der Waals surface area (Å²) in [5.41, 5.74) is 0.228. The number of unbranched alkanes of at least 4 members (excludes halogenated alkanes) is 1. The Kier molecular flexibility index (Phi) is 6.97. The van der Waals surface area contributed by atoms with Crippen LogP contribution in [-0.4, -0.2) is 48.1 Å². The molecule has 5 nitrogen and oxygen atoms in total. The minimum Gasteiger partial charge on any atom is -0.300 e. The van der Waals surface area contributed by atoms with Crippen LogP contribution in [0, 0.1) is 11.3 Å². The van der Waals surface area contributed by atoms with E-state index in [1.807, 2.05) is 13.0 Å². The summed E-state index contributed by atoms with van der Waals surface area (Å²) in [6.45, 7) is 3.73. The van der Waals surface area contributed by atoms with Gasteiger partial charge in [-0.25, -0.2) is 8.42 Å². The number of hydrogen-bond donors (Lipinski definition) is 0. The number of benzene rings is 2. The number of nitriles is 1. The maximum atomic E-state index is 13.8. The largest absolute Gasteiger partial charge is 0.416 e. The fraction of sp³-hybridized carbons (Fsp3) is 0.480. The number of rotatable bonds is 8. The van der Waals surface area contributed by atoms with Crippen molar-refractivity contribution in [3.05, 3.63) is 69.7 Å². The molecule has 10 heteroatoms. The van der Waals surface area contributed by atoms with Crippen LogP contribution in [0.3, 0.4) is 0 Å². The fourth-order valence-corrected chi connectivity index (χ4v) is 7.38. The molecule has 0 aliphatic carbocycles. The van der Waals surface area contributed by atoms with Gasteiger partial charge in [0.2, 0.25) is 10.0 Å². The Balaban J connectivity index is 1.68. The molecule has 2 atom stereocenters. The summed E-state index contributed by atoms with van der Waals surface area (Å²) in [6, 6.07) is 12.7. The van der Waals surface area contributed by atoms with Crippen LogP contribution >= 0.6 is 11.6 Å². The second-order valence-corrected chi connectivity index (χ2v) is 12.2. The van der Waals surface area contributed by atoms with Gasteiger partial charge in [0, 0.05) is 24.1 Å². The molecule has 2 saturated heterocycles. The molecule has 0 radical (unpaired) electrons. The number of nitrogens with zero attached hydrogens (tertiary/aromatic N) is 3. The third-order valence-corrected chi connectivity index (χ3v) is 9.60. The fourth-order valence-electron chi connectivity index (χ4n) is 5.42. The Morgan fingerprint density at radius 1 is 1.20 bits per heavy atom. The maximum Gasteiger partial charge on any atom is 0.416 e. The van der Waals surface area contributed by atoms with Gasteiger partial charge in [-0.3, -0.25) is 0 Å². The lowest BCUT2D eigenvalue weighted by atomic mass is 10.0. The summed E-state index contributed by atoms with van der Waals surface area (Å²) >= 11 is 6.24. The van der Waals surface area contributed by atoms with E-state index in [2.05, 4.69) is 0 Å². The number of quaternary nitrogens is 1. The van der Waals surface area contributed by atoms with Crippen molar-refractivity contribution in [1.82, 2.24) is 4.31 Å². The predicted molar refractivity (Wildman–Crippen MR) is 128 cm³/mol. The second-order valence-electron chi connectivity index (χ2n) is 9.68. The zero-order valence-corrected chi connectivity index (χ0v) is 21.1. The normalized spacial score (nSPS) is 24.6. The van der Waals surface area contributed by atoms with Gasteiger partial charge in [-0.2, -0.15) is 22.7 Å². The molecule has 0 amide bonds. The lowest BCUT2D eigenvalue weighted by molar-refractivity contribution is -0.856. The SMILES string of the molecule is CCCCS(=O)(=O)N1CC[C@@]2(C1)C[N+]2(Cc1ccc(C#N)c(Cl)c1)Cc1ccccc1C(F)(F)F. The average molecular weight is 527 g/mol. The number of hydrogen-bond acceptors (Lipinski definition) is 3. The Bertz CT molecular complexity index is 1260. The summed E-state index contributed by atoms with van der Waals surface area (Å²) in [6.07, 6.45) is -2.54. The highest BCUT2D eigenvalue weighted by atomic mass is 35.5. The topological polar surface area (TPSA) is 61.2 Å². The Labute approximate surface area is 209 Å². The van der Waals surface area contributed by atoms with E-state index < -0.39 is 27.3 Å². The van der Waals surface area contributed by atoms with Crippen molar-refractivity contribution in [3.63, 3.8) is 0 Å². The van der Waals surface area contributed by atoms with E-state index in [9.17, 15) is 26.9 Å². The smallest absolute Gasteiger partial charge is 0.300 e. The zero-order chi connectivity index (χ0) is 25.5. The van der Waals surface area contributed by atoms with Gasteiger partial charge in [0.25, 0.3) is 0 Å². The van der Waals surface area contributed by atoms with Crippen LogP contribution in [0.1, 0.15) is 48.4 Å². The first kappa shape index (κ1) is 26.0. The van der Waals surface area contributed by atoms with Crippen LogP contribution in [0.2, 0.25) is 5.02 Å². The van der Waals surface area contributed by atoms with E-state index in [0.717, 1.165) is 18.1 Å². The van der Waals surface area contributed by atoms with E-state index >= 15 is 0 Å².